The van der Waals surface area contributed by atoms with Crippen LogP contribution in [0.2, 0.25) is 0 Å². The highest BCUT2D eigenvalue weighted by atomic mass is 79.9. The normalized spacial score (nSPS) is 22.6. The van der Waals surface area contributed by atoms with Crippen molar-refractivity contribution >= 4 is 15.9 Å². The summed E-state index contributed by atoms with van der Waals surface area (Å²) in [5.74, 6) is 1.72. The predicted octanol–water partition coefficient (Wildman–Crippen LogP) is 4.68. The van der Waals surface area contributed by atoms with Gasteiger partial charge in [0.15, 0.2) is 0 Å². The molecule has 1 fully saturated rings. The van der Waals surface area contributed by atoms with Gasteiger partial charge in [-0.1, -0.05) is 61.8 Å². The van der Waals surface area contributed by atoms with E-state index in [0.717, 1.165) is 18.1 Å². The molecule has 1 unspecified atom stereocenters. The first-order valence-corrected chi connectivity index (χ1v) is 7.50. The van der Waals surface area contributed by atoms with E-state index in [2.05, 4.69) is 55.8 Å². The Morgan fingerprint density at radius 1 is 1.17 bits per heavy atom. The maximum absolute atomic E-state index is 5.43. The van der Waals surface area contributed by atoms with Gasteiger partial charge in [-0.05, 0) is 34.8 Å². The number of halogens is 1. The maximum atomic E-state index is 5.43. The average Bonchev–Trinajstić information content (AvgIpc) is 2.70. The van der Waals surface area contributed by atoms with E-state index in [0.29, 0.717) is 15.7 Å². The number of ether oxygens (including phenoxy) is 1. The van der Waals surface area contributed by atoms with Crippen LogP contribution in [-0.2, 0) is 6.42 Å². The molecule has 0 amide bonds. The van der Waals surface area contributed by atoms with Crippen LogP contribution >= 0.6 is 15.9 Å². The summed E-state index contributed by atoms with van der Waals surface area (Å²) in [5, 5.41) is 0. The van der Waals surface area contributed by atoms with Crippen molar-refractivity contribution in [1.29, 1.82) is 0 Å². The van der Waals surface area contributed by atoms with Crippen molar-refractivity contribution in [3.8, 4) is 5.75 Å². The van der Waals surface area contributed by atoms with E-state index in [-0.39, 0.29) is 0 Å². The monoisotopic (exact) mass is 310 g/mol. The maximum Gasteiger partial charge on any atom is 0.122 e. The largest absolute Gasteiger partial charge is 0.496 e. The smallest absolute Gasteiger partial charge is 0.122 e. The van der Waals surface area contributed by atoms with E-state index in [4.69, 9.17) is 4.74 Å². The molecule has 100 valence electrons. The highest BCUT2D eigenvalue weighted by Crippen LogP contribution is 2.71. The number of para-hydroxylation sites is 1. The molecule has 1 aromatic rings. The minimum Gasteiger partial charge on any atom is -0.496 e. The molecule has 0 aliphatic heterocycles. The second-order valence-electron chi connectivity index (χ2n) is 6.45. The number of rotatable bonds is 4. The first-order valence-electron chi connectivity index (χ1n) is 6.58. The number of alkyl halides is 1. The van der Waals surface area contributed by atoms with Crippen LogP contribution in [0, 0.1) is 16.7 Å². The Labute approximate surface area is 119 Å². The number of hydrogen-bond acceptors (Lipinski definition) is 1. The standard InChI is InChI=1S/C16H23BrO/c1-15(2)14(16(15,3)4)12(17)10-11-8-6-7-9-13(11)18-5/h6-9,12,14H,10H2,1-5H3. The van der Waals surface area contributed by atoms with Gasteiger partial charge in [0.05, 0.1) is 7.11 Å². The highest BCUT2D eigenvalue weighted by molar-refractivity contribution is 9.09. The molecule has 0 spiro atoms. The zero-order chi connectivity index (χ0) is 13.6. The molecular weight excluding hydrogens is 288 g/mol. The lowest BCUT2D eigenvalue weighted by Crippen LogP contribution is -2.11. The third-order valence-electron chi connectivity index (χ3n) is 5.10. The number of hydrogen-bond donors (Lipinski definition) is 0. The summed E-state index contributed by atoms with van der Waals surface area (Å²) >= 11 is 3.90. The van der Waals surface area contributed by atoms with Crippen LogP contribution in [0.4, 0.5) is 0 Å². The van der Waals surface area contributed by atoms with Gasteiger partial charge in [0.25, 0.3) is 0 Å². The first-order chi connectivity index (χ1) is 8.32. The predicted molar refractivity (Wildman–Crippen MR) is 80.5 cm³/mol. The Kier molecular flexibility index (Phi) is 3.52. The van der Waals surface area contributed by atoms with Crippen LogP contribution < -0.4 is 4.74 Å². The summed E-state index contributed by atoms with van der Waals surface area (Å²) in [6, 6.07) is 8.31. The molecule has 1 aliphatic rings. The zero-order valence-electron chi connectivity index (χ0n) is 12.0. The van der Waals surface area contributed by atoms with Crippen LogP contribution in [0.5, 0.6) is 5.75 Å². The summed E-state index contributed by atoms with van der Waals surface area (Å²) < 4.78 is 5.43. The minimum atomic E-state index is 0.420. The van der Waals surface area contributed by atoms with Crippen molar-refractivity contribution in [1.82, 2.24) is 0 Å². The van der Waals surface area contributed by atoms with Gasteiger partial charge in [0.1, 0.15) is 5.75 Å². The van der Waals surface area contributed by atoms with Gasteiger partial charge >= 0.3 is 0 Å². The van der Waals surface area contributed by atoms with Crippen molar-refractivity contribution in [3.63, 3.8) is 0 Å². The third-order valence-corrected chi connectivity index (χ3v) is 5.95. The molecule has 1 aromatic carbocycles. The fourth-order valence-corrected chi connectivity index (χ4v) is 5.02. The van der Waals surface area contributed by atoms with Crippen LogP contribution in [0.1, 0.15) is 33.3 Å². The number of methoxy groups -OCH3 is 1. The van der Waals surface area contributed by atoms with Gasteiger partial charge in [0.2, 0.25) is 0 Å². The van der Waals surface area contributed by atoms with Gasteiger partial charge in [-0.2, -0.15) is 0 Å². The van der Waals surface area contributed by atoms with Gasteiger partial charge in [0, 0.05) is 4.83 Å². The molecule has 0 bridgehead atoms. The fraction of sp³-hybridized carbons (Fsp3) is 0.625. The molecule has 2 heteroatoms. The van der Waals surface area contributed by atoms with Gasteiger partial charge < -0.3 is 4.74 Å². The molecule has 0 radical (unpaired) electrons. The van der Waals surface area contributed by atoms with Gasteiger partial charge in [-0.25, -0.2) is 0 Å². The molecule has 18 heavy (non-hydrogen) atoms. The summed E-state index contributed by atoms with van der Waals surface area (Å²) in [5.41, 5.74) is 2.13. The molecule has 1 saturated carbocycles. The molecule has 1 aliphatic carbocycles. The molecule has 0 N–H and O–H groups in total. The third kappa shape index (κ3) is 2.09. The molecule has 0 heterocycles. The zero-order valence-corrected chi connectivity index (χ0v) is 13.5. The second-order valence-corrected chi connectivity index (χ2v) is 7.63. The Balaban J connectivity index is 2.12. The second kappa shape index (κ2) is 4.56. The van der Waals surface area contributed by atoms with Crippen LogP contribution in [0.3, 0.4) is 0 Å². The van der Waals surface area contributed by atoms with Gasteiger partial charge in [-0.15, -0.1) is 0 Å². The summed E-state index contributed by atoms with van der Waals surface area (Å²) in [7, 11) is 1.74. The lowest BCUT2D eigenvalue weighted by atomic mass is 10.0. The van der Waals surface area contributed by atoms with Crippen LogP contribution in [0.15, 0.2) is 24.3 Å². The van der Waals surface area contributed by atoms with Gasteiger partial charge in [-0.3, -0.25) is 0 Å². The fourth-order valence-electron chi connectivity index (χ4n) is 3.35. The molecule has 1 nitrogen and oxygen atoms in total. The lowest BCUT2D eigenvalue weighted by Gasteiger charge is -2.14. The summed E-state index contributed by atoms with van der Waals surface area (Å²) in [4.78, 5) is 0.513. The van der Waals surface area contributed by atoms with Crippen LogP contribution in [0.25, 0.3) is 0 Å². The van der Waals surface area contributed by atoms with Crippen molar-refractivity contribution < 1.29 is 4.74 Å². The minimum absolute atomic E-state index is 0.420. The molecule has 1 atom stereocenters. The highest BCUT2D eigenvalue weighted by Gasteiger charge is 2.66. The van der Waals surface area contributed by atoms with Crippen LogP contribution in [-0.4, -0.2) is 11.9 Å². The van der Waals surface area contributed by atoms with Crippen molar-refractivity contribution in [2.75, 3.05) is 7.11 Å². The summed E-state index contributed by atoms with van der Waals surface area (Å²) in [6.45, 7) is 9.48. The Morgan fingerprint density at radius 3 is 2.22 bits per heavy atom. The van der Waals surface area contributed by atoms with E-state index < -0.39 is 0 Å². The molecule has 0 saturated heterocycles. The first kappa shape index (κ1) is 13.9. The Bertz CT molecular complexity index is 422. The SMILES string of the molecule is COc1ccccc1CC(Br)C1C(C)(C)C1(C)C. The Morgan fingerprint density at radius 2 is 1.72 bits per heavy atom. The lowest BCUT2D eigenvalue weighted by molar-refractivity contribution is 0.408. The van der Waals surface area contributed by atoms with E-state index >= 15 is 0 Å². The van der Waals surface area contributed by atoms with E-state index in [1.165, 1.54) is 5.56 Å². The van der Waals surface area contributed by atoms with E-state index in [1.54, 1.807) is 7.11 Å². The average molecular weight is 311 g/mol. The molecule has 2 rings (SSSR count). The molecule has 0 aromatic heterocycles. The van der Waals surface area contributed by atoms with Crippen molar-refractivity contribution in [2.24, 2.45) is 16.7 Å². The van der Waals surface area contributed by atoms with Crippen molar-refractivity contribution in [3.05, 3.63) is 29.8 Å². The number of benzene rings is 1. The summed E-state index contributed by atoms with van der Waals surface area (Å²) in [6.07, 6.45) is 1.03. The van der Waals surface area contributed by atoms with E-state index in [1.807, 2.05) is 12.1 Å². The quantitative estimate of drug-likeness (QED) is 0.733. The van der Waals surface area contributed by atoms with E-state index in [9.17, 15) is 0 Å². The molecular formula is C16H23BrO. The topological polar surface area (TPSA) is 9.23 Å². The van der Waals surface area contributed by atoms with Crippen molar-refractivity contribution in [2.45, 2.75) is 38.9 Å². The Hall–Kier alpha value is -0.500.